The molecule has 0 saturated carbocycles. The molecular weight excluding hydrogens is 282 g/mol. The Kier molecular flexibility index (Phi) is 4.12. The fourth-order valence-electron chi connectivity index (χ4n) is 0.882. The summed E-state index contributed by atoms with van der Waals surface area (Å²) >= 11 is 0. The molecule has 102 valence electrons. The Labute approximate surface area is 98.8 Å². The molecule has 1 aromatic heterocycles. The number of carbonyl (C=O) groups is 1. The Hall–Kier alpha value is -1.42. The zero-order valence-corrected chi connectivity index (χ0v) is 9.39. The summed E-state index contributed by atoms with van der Waals surface area (Å²) in [5.41, 5.74) is 0. The minimum Gasteiger partial charge on any atom is -0.440 e. The summed E-state index contributed by atoms with van der Waals surface area (Å²) in [6.07, 6.45) is -3.80. The summed E-state index contributed by atoms with van der Waals surface area (Å²) in [6, 6.07) is 1.83. The maximum Gasteiger partial charge on any atom is 0.320 e. The third-order valence-corrected chi connectivity index (χ3v) is 3.07. The number of hydrogen-bond donors (Lipinski definition) is 1. The van der Waals surface area contributed by atoms with Crippen molar-refractivity contribution in [1.29, 1.82) is 0 Å². The van der Waals surface area contributed by atoms with Crippen molar-refractivity contribution in [2.24, 2.45) is 0 Å². The van der Waals surface area contributed by atoms with Gasteiger partial charge in [0.1, 0.15) is 0 Å². The smallest absolute Gasteiger partial charge is 0.320 e. The van der Waals surface area contributed by atoms with Crippen molar-refractivity contribution in [3.63, 3.8) is 0 Å². The van der Waals surface area contributed by atoms with E-state index in [4.69, 9.17) is 0 Å². The molecule has 1 heterocycles. The molecule has 0 unspecified atom stereocenters. The van der Waals surface area contributed by atoms with Gasteiger partial charge in [-0.05, 0) is 12.1 Å². The van der Waals surface area contributed by atoms with Gasteiger partial charge >= 0.3 is 12.3 Å². The molecule has 18 heavy (non-hydrogen) atoms. The number of carbonyl (C=O) groups excluding carboxylic acids is 1. The number of nitrogens with one attached hydrogen (secondary N) is 1. The summed E-state index contributed by atoms with van der Waals surface area (Å²) in [4.78, 5) is 10.2. The molecule has 0 aromatic carbocycles. The molecule has 0 atom stereocenters. The van der Waals surface area contributed by atoms with Crippen LogP contribution in [0.5, 0.6) is 0 Å². The highest BCUT2D eigenvalue weighted by molar-refractivity contribution is 7.89. The molecule has 0 bridgehead atoms. The molecule has 0 radical (unpaired) electrons. The van der Waals surface area contributed by atoms with Crippen LogP contribution >= 0.6 is 0 Å². The van der Waals surface area contributed by atoms with Gasteiger partial charge < -0.3 is 4.42 Å². The van der Waals surface area contributed by atoms with Crippen LogP contribution in [0.2, 0.25) is 0 Å². The largest absolute Gasteiger partial charge is 0.440 e. The summed E-state index contributed by atoms with van der Waals surface area (Å²) in [5, 5.41) is -0.810. The zero-order chi connectivity index (χ0) is 14.0. The van der Waals surface area contributed by atoms with Crippen molar-refractivity contribution in [2.45, 2.75) is 17.4 Å². The highest BCUT2D eigenvalue weighted by atomic mass is 32.2. The lowest BCUT2D eigenvalue weighted by Crippen LogP contribution is -2.41. The minimum absolute atomic E-state index is 0.201. The van der Waals surface area contributed by atoms with Crippen LogP contribution in [0.15, 0.2) is 21.6 Å². The highest BCUT2D eigenvalue weighted by Gasteiger charge is 2.41. The number of hydrogen-bond acceptors (Lipinski definition) is 4. The summed E-state index contributed by atoms with van der Waals surface area (Å²) in [6.45, 7) is -1.77. The van der Waals surface area contributed by atoms with Crippen LogP contribution in [0, 0.1) is 0 Å². The first kappa shape index (κ1) is 14.6. The first-order valence-corrected chi connectivity index (χ1v) is 5.88. The van der Waals surface area contributed by atoms with E-state index in [9.17, 15) is 30.8 Å². The van der Waals surface area contributed by atoms with Crippen molar-refractivity contribution in [3.05, 3.63) is 17.9 Å². The average molecular weight is 289 g/mol. The molecule has 1 rings (SSSR count). The van der Waals surface area contributed by atoms with E-state index in [1.807, 2.05) is 0 Å². The van der Waals surface area contributed by atoms with Crippen LogP contribution in [-0.4, -0.2) is 33.6 Å². The Morgan fingerprint density at radius 2 is 2.00 bits per heavy atom. The maximum atomic E-state index is 12.5. The quantitative estimate of drug-likeness (QED) is 0.632. The van der Waals surface area contributed by atoms with Crippen molar-refractivity contribution in [3.8, 4) is 0 Å². The highest BCUT2D eigenvalue weighted by Crippen LogP contribution is 2.22. The van der Waals surface area contributed by atoms with Crippen LogP contribution in [-0.2, 0) is 10.0 Å². The van der Waals surface area contributed by atoms with E-state index in [1.165, 1.54) is 4.72 Å². The van der Waals surface area contributed by atoms with Gasteiger partial charge in [0.2, 0.25) is 5.09 Å². The van der Waals surface area contributed by atoms with Gasteiger partial charge in [-0.25, -0.2) is 21.9 Å². The van der Waals surface area contributed by atoms with E-state index in [2.05, 4.69) is 4.42 Å². The Balaban J connectivity index is 2.80. The van der Waals surface area contributed by atoms with Gasteiger partial charge in [-0.15, -0.1) is 0 Å². The number of furan rings is 1. The average Bonchev–Trinajstić information content (AvgIpc) is 2.75. The SMILES string of the molecule is O=Cc1ccc(S(=O)(=O)NCC(F)(F)C(F)F)o1. The molecule has 0 amide bonds. The molecule has 0 aliphatic heterocycles. The number of sulfonamides is 1. The molecule has 0 saturated heterocycles. The molecule has 0 fully saturated rings. The normalized spacial score (nSPS) is 12.9. The lowest BCUT2D eigenvalue weighted by atomic mass is 10.4. The van der Waals surface area contributed by atoms with Crippen molar-refractivity contribution in [1.82, 2.24) is 4.72 Å². The van der Waals surface area contributed by atoms with Gasteiger partial charge in [-0.3, -0.25) is 4.79 Å². The van der Waals surface area contributed by atoms with Crippen LogP contribution in [0.4, 0.5) is 17.6 Å². The number of halogens is 4. The van der Waals surface area contributed by atoms with Gasteiger partial charge in [-0.1, -0.05) is 0 Å². The standard InChI is InChI=1S/C8H7F4NO4S/c9-7(10)8(11,12)4-13-18(15,16)6-2-1-5(3-14)17-6/h1-3,7,13H,4H2. The molecular formula is C8H7F4NO4S. The molecule has 1 aromatic rings. The van der Waals surface area contributed by atoms with E-state index >= 15 is 0 Å². The van der Waals surface area contributed by atoms with Gasteiger partial charge in [0.05, 0.1) is 6.54 Å². The second-order valence-electron chi connectivity index (χ2n) is 3.16. The van der Waals surface area contributed by atoms with Crippen LogP contribution in [0.25, 0.3) is 0 Å². The molecule has 0 aliphatic rings. The lowest BCUT2D eigenvalue weighted by molar-refractivity contribution is -0.122. The van der Waals surface area contributed by atoms with Crippen LogP contribution in [0.1, 0.15) is 10.6 Å². The second-order valence-corrected chi connectivity index (χ2v) is 4.86. The van der Waals surface area contributed by atoms with Crippen molar-refractivity contribution >= 4 is 16.3 Å². The van der Waals surface area contributed by atoms with Gasteiger partial charge in [0.15, 0.2) is 12.0 Å². The van der Waals surface area contributed by atoms with E-state index < -0.39 is 34.0 Å². The Morgan fingerprint density at radius 3 is 2.44 bits per heavy atom. The topological polar surface area (TPSA) is 76.4 Å². The third kappa shape index (κ3) is 3.29. The lowest BCUT2D eigenvalue weighted by Gasteiger charge is -2.15. The molecule has 5 nitrogen and oxygen atoms in total. The fourth-order valence-corrected chi connectivity index (χ4v) is 1.86. The van der Waals surface area contributed by atoms with Gasteiger partial charge in [0.25, 0.3) is 10.0 Å². The third-order valence-electron chi connectivity index (χ3n) is 1.80. The van der Waals surface area contributed by atoms with Crippen LogP contribution in [0.3, 0.4) is 0 Å². The number of alkyl halides is 4. The minimum atomic E-state index is -4.51. The van der Waals surface area contributed by atoms with Crippen molar-refractivity contribution in [2.75, 3.05) is 6.54 Å². The van der Waals surface area contributed by atoms with Gasteiger partial charge in [0, 0.05) is 0 Å². The van der Waals surface area contributed by atoms with Crippen LogP contribution < -0.4 is 4.72 Å². The number of rotatable bonds is 6. The maximum absolute atomic E-state index is 12.5. The molecule has 0 aliphatic carbocycles. The van der Waals surface area contributed by atoms with Gasteiger partial charge in [-0.2, -0.15) is 8.78 Å². The van der Waals surface area contributed by atoms with E-state index in [0.29, 0.717) is 0 Å². The molecule has 0 spiro atoms. The fraction of sp³-hybridized carbons (Fsp3) is 0.375. The predicted octanol–water partition coefficient (Wildman–Crippen LogP) is 1.27. The zero-order valence-electron chi connectivity index (χ0n) is 8.57. The number of aldehydes is 1. The van der Waals surface area contributed by atoms with Crippen molar-refractivity contribution < 1.29 is 35.2 Å². The monoisotopic (exact) mass is 289 g/mol. The van der Waals surface area contributed by atoms with E-state index in [-0.39, 0.29) is 12.0 Å². The van der Waals surface area contributed by atoms with E-state index in [1.54, 1.807) is 0 Å². The molecule has 1 N–H and O–H groups in total. The Bertz CT molecular complexity index is 525. The molecule has 10 heteroatoms. The Morgan fingerprint density at radius 1 is 1.39 bits per heavy atom. The summed E-state index contributed by atoms with van der Waals surface area (Å²) in [5.74, 6) is -4.83. The first-order chi connectivity index (χ1) is 8.19. The first-order valence-electron chi connectivity index (χ1n) is 4.40. The predicted molar refractivity (Wildman–Crippen MR) is 50.2 cm³/mol. The van der Waals surface area contributed by atoms with E-state index in [0.717, 1.165) is 12.1 Å². The summed E-state index contributed by atoms with van der Waals surface area (Å²) < 4.78 is 77.0. The summed E-state index contributed by atoms with van der Waals surface area (Å²) in [7, 11) is -4.51. The second kappa shape index (κ2) is 5.06.